The van der Waals surface area contributed by atoms with Gasteiger partial charge in [-0.15, -0.1) is 36.2 Å². The summed E-state index contributed by atoms with van der Waals surface area (Å²) in [5.74, 6) is 1.40. The number of carbonyl (C=O) groups is 1. The van der Waals surface area contributed by atoms with E-state index in [2.05, 4.69) is 10.3 Å². The maximum atomic E-state index is 13.0. The van der Waals surface area contributed by atoms with Crippen molar-refractivity contribution in [2.75, 3.05) is 34.4 Å². The Kier molecular flexibility index (Phi) is 9.50. The number of thiazole rings is 1. The van der Waals surface area contributed by atoms with Crippen LogP contribution in [-0.2, 0) is 0 Å². The van der Waals surface area contributed by atoms with E-state index in [0.29, 0.717) is 22.4 Å². The van der Waals surface area contributed by atoms with E-state index in [9.17, 15) is 4.79 Å². The van der Waals surface area contributed by atoms with Gasteiger partial charge in [-0.3, -0.25) is 4.79 Å². The molecule has 156 valence electrons. The predicted octanol–water partition coefficient (Wildman–Crippen LogP) is 3.80. The monoisotopic (exact) mass is 447 g/mol. The SMILES string of the molecule is CNC1CCCN(C(=O)c2sc(-c3ccc(OC)c(OC)c3)nc2C)C1.Cl.Cl. The molecular weight excluding hydrogens is 421 g/mol. The molecule has 1 aromatic carbocycles. The number of likely N-dealkylation sites (tertiary alicyclic amines) is 1. The van der Waals surface area contributed by atoms with Crippen LogP contribution in [0.4, 0.5) is 0 Å². The molecule has 0 aliphatic carbocycles. The highest BCUT2D eigenvalue weighted by Gasteiger charge is 2.26. The number of aromatic nitrogens is 1. The minimum absolute atomic E-state index is 0. The van der Waals surface area contributed by atoms with Crippen molar-refractivity contribution in [3.8, 4) is 22.1 Å². The Morgan fingerprint density at radius 2 is 1.96 bits per heavy atom. The van der Waals surface area contributed by atoms with Crippen LogP contribution in [0.2, 0.25) is 0 Å². The number of nitrogens with zero attached hydrogens (tertiary/aromatic N) is 2. The van der Waals surface area contributed by atoms with Gasteiger partial charge in [-0.25, -0.2) is 4.98 Å². The maximum absolute atomic E-state index is 13.0. The zero-order chi connectivity index (χ0) is 18.7. The zero-order valence-electron chi connectivity index (χ0n) is 16.5. The number of aryl methyl sites for hydroxylation is 1. The molecule has 2 aromatic rings. The van der Waals surface area contributed by atoms with E-state index in [-0.39, 0.29) is 30.7 Å². The lowest BCUT2D eigenvalue weighted by Gasteiger charge is -2.32. The minimum Gasteiger partial charge on any atom is -0.493 e. The van der Waals surface area contributed by atoms with Crippen molar-refractivity contribution in [1.29, 1.82) is 0 Å². The molecule has 1 atom stereocenters. The quantitative estimate of drug-likeness (QED) is 0.754. The average molecular weight is 448 g/mol. The Balaban J connectivity index is 0.00000196. The molecule has 1 aromatic heterocycles. The zero-order valence-corrected chi connectivity index (χ0v) is 18.9. The second-order valence-electron chi connectivity index (χ2n) is 6.38. The second kappa shape index (κ2) is 10.9. The Morgan fingerprint density at radius 3 is 2.61 bits per heavy atom. The predicted molar refractivity (Wildman–Crippen MR) is 118 cm³/mol. The summed E-state index contributed by atoms with van der Waals surface area (Å²) in [6, 6.07) is 6.05. The number of piperidine rings is 1. The van der Waals surface area contributed by atoms with Gasteiger partial charge in [0.15, 0.2) is 11.5 Å². The fourth-order valence-corrected chi connectivity index (χ4v) is 4.26. The van der Waals surface area contributed by atoms with E-state index >= 15 is 0 Å². The molecule has 28 heavy (non-hydrogen) atoms. The largest absolute Gasteiger partial charge is 0.493 e. The molecule has 0 radical (unpaired) electrons. The maximum Gasteiger partial charge on any atom is 0.265 e. The Labute approximate surface area is 182 Å². The number of hydrogen-bond donors (Lipinski definition) is 1. The molecule has 3 rings (SSSR count). The number of methoxy groups -OCH3 is 2. The van der Waals surface area contributed by atoms with Crippen LogP contribution in [0.15, 0.2) is 18.2 Å². The number of nitrogens with one attached hydrogen (secondary N) is 1. The lowest BCUT2D eigenvalue weighted by molar-refractivity contribution is 0.0702. The highest BCUT2D eigenvalue weighted by atomic mass is 35.5. The molecule has 1 aliphatic rings. The van der Waals surface area contributed by atoms with Crippen molar-refractivity contribution < 1.29 is 14.3 Å². The third-order valence-electron chi connectivity index (χ3n) is 4.74. The summed E-state index contributed by atoms with van der Waals surface area (Å²) in [7, 11) is 5.17. The molecule has 2 heterocycles. The molecule has 1 amide bonds. The van der Waals surface area contributed by atoms with Crippen molar-refractivity contribution in [2.24, 2.45) is 0 Å². The number of likely N-dealkylation sites (N-methyl/N-ethyl adjacent to an activating group) is 1. The number of hydrogen-bond acceptors (Lipinski definition) is 6. The van der Waals surface area contributed by atoms with Crippen LogP contribution in [0.3, 0.4) is 0 Å². The van der Waals surface area contributed by atoms with Crippen LogP contribution in [0.1, 0.15) is 28.2 Å². The third kappa shape index (κ3) is 5.08. The van der Waals surface area contributed by atoms with E-state index in [4.69, 9.17) is 9.47 Å². The van der Waals surface area contributed by atoms with Gasteiger partial charge in [0.1, 0.15) is 9.88 Å². The van der Waals surface area contributed by atoms with Crippen molar-refractivity contribution in [3.63, 3.8) is 0 Å². The number of carbonyl (C=O) groups excluding carboxylic acids is 1. The Morgan fingerprint density at radius 1 is 1.25 bits per heavy atom. The van der Waals surface area contributed by atoms with Crippen LogP contribution in [0.25, 0.3) is 10.6 Å². The lowest BCUT2D eigenvalue weighted by atomic mass is 10.1. The normalized spacial score (nSPS) is 16.0. The fourth-order valence-electron chi connectivity index (χ4n) is 3.23. The Bertz CT molecular complexity index is 801. The van der Waals surface area contributed by atoms with Gasteiger partial charge in [-0.1, -0.05) is 0 Å². The van der Waals surface area contributed by atoms with Gasteiger partial charge in [0.25, 0.3) is 5.91 Å². The average Bonchev–Trinajstić information content (AvgIpc) is 3.08. The van der Waals surface area contributed by atoms with E-state index < -0.39 is 0 Å². The van der Waals surface area contributed by atoms with E-state index in [1.807, 2.05) is 37.1 Å². The number of amides is 1. The molecule has 1 N–H and O–H groups in total. The molecule has 1 aliphatic heterocycles. The van der Waals surface area contributed by atoms with Crippen LogP contribution in [-0.4, -0.2) is 56.2 Å². The molecule has 0 spiro atoms. The molecule has 1 saturated heterocycles. The van der Waals surface area contributed by atoms with Crippen molar-refractivity contribution in [1.82, 2.24) is 15.2 Å². The third-order valence-corrected chi connectivity index (χ3v) is 5.93. The summed E-state index contributed by atoms with van der Waals surface area (Å²) < 4.78 is 10.7. The summed E-state index contributed by atoms with van der Waals surface area (Å²) in [6.45, 7) is 3.45. The minimum atomic E-state index is 0. The molecule has 6 nitrogen and oxygen atoms in total. The topological polar surface area (TPSA) is 63.7 Å². The van der Waals surface area contributed by atoms with E-state index in [1.165, 1.54) is 11.3 Å². The van der Waals surface area contributed by atoms with Crippen LogP contribution in [0, 0.1) is 6.92 Å². The van der Waals surface area contributed by atoms with Gasteiger partial charge in [0.2, 0.25) is 0 Å². The molecule has 1 unspecified atom stereocenters. The van der Waals surface area contributed by atoms with Crippen molar-refractivity contribution in [2.45, 2.75) is 25.8 Å². The smallest absolute Gasteiger partial charge is 0.265 e. The van der Waals surface area contributed by atoms with Gasteiger partial charge in [0.05, 0.1) is 19.9 Å². The van der Waals surface area contributed by atoms with E-state index in [1.54, 1.807) is 14.2 Å². The standard InChI is InChI=1S/C19H25N3O3S.2ClH/c1-12-17(19(23)22-9-5-6-14(11-22)20-2)26-18(21-12)13-7-8-15(24-3)16(10-13)25-4;;/h7-8,10,14,20H,5-6,9,11H2,1-4H3;2*1H. The summed E-state index contributed by atoms with van der Waals surface area (Å²) >= 11 is 1.44. The first-order chi connectivity index (χ1) is 12.6. The molecule has 0 bridgehead atoms. The summed E-state index contributed by atoms with van der Waals surface area (Å²) in [5.41, 5.74) is 1.69. The van der Waals surface area contributed by atoms with Gasteiger partial charge in [-0.2, -0.15) is 0 Å². The van der Waals surface area contributed by atoms with Gasteiger partial charge < -0.3 is 19.7 Å². The summed E-state index contributed by atoms with van der Waals surface area (Å²) in [4.78, 5) is 20.2. The first-order valence-corrected chi connectivity index (χ1v) is 9.55. The lowest BCUT2D eigenvalue weighted by Crippen LogP contribution is -2.46. The summed E-state index contributed by atoms with van der Waals surface area (Å²) in [6.07, 6.45) is 2.14. The van der Waals surface area contributed by atoms with Crippen LogP contribution in [0.5, 0.6) is 11.5 Å². The highest BCUT2D eigenvalue weighted by molar-refractivity contribution is 7.17. The van der Waals surface area contributed by atoms with Gasteiger partial charge in [0, 0.05) is 24.7 Å². The van der Waals surface area contributed by atoms with Crippen LogP contribution >= 0.6 is 36.2 Å². The van der Waals surface area contributed by atoms with Crippen molar-refractivity contribution in [3.05, 3.63) is 28.8 Å². The number of halogens is 2. The number of ether oxygens (including phenoxy) is 2. The molecular formula is C19H27Cl2N3O3S. The van der Waals surface area contributed by atoms with Crippen molar-refractivity contribution >= 4 is 42.1 Å². The molecule has 0 saturated carbocycles. The number of benzene rings is 1. The Hall–Kier alpha value is -1.54. The van der Waals surface area contributed by atoms with Crippen LogP contribution < -0.4 is 14.8 Å². The number of rotatable bonds is 5. The fraction of sp³-hybridized carbons (Fsp3) is 0.474. The highest BCUT2D eigenvalue weighted by Crippen LogP contribution is 2.35. The first kappa shape index (κ1) is 24.5. The molecule has 9 heteroatoms. The van der Waals surface area contributed by atoms with Gasteiger partial charge in [-0.05, 0) is 45.0 Å². The first-order valence-electron chi connectivity index (χ1n) is 8.73. The van der Waals surface area contributed by atoms with Gasteiger partial charge >= 0.3 is 0 Å². The summed E-state index contributed by atoms with van der Waals surface area (Å²) in [5, 5.41) is 4.09. The van der Waals surface area contributed by atoms with E-state index in [0.717, 1.165) is 42.2 Å². The second-order valence-corrected chi connectivity index (χ2v) is 7.38. The molecule has 1 fully saturated rings.